The molecule has 0 bridgehead atoms. The molecule has 0 aromatic heterocycles. The van der Waals surface area contributed by atoms with E-state index in [9.17, 15) is 0 Å². The van der Waals surface area contributed by atoms with Gasteiger partial charge in [0.25, 0.3) is 0 Å². The summed E-state index contributed by atoms with van der Waals surface area (Å²) in [6, 6.07) is 4.41. The van der Waals surface area contributed by atoms with E-state index >= 15 is 0 Å². The van der Waals surface area contributed by atoms with E-state index in [2.05, 4.69) is 22.3 Å². The summed E-state index contributed by atoms with van der Waals surface area (Å²) in [6.07, 6.45) is 3.75. The number of fused-ring (bicyclic) bond motifs is 1. The van der Waals surface area contributed by atoms with Gasteiger partial charge >= 0.3 is 0 Å². The fourth-order valence-corrected chi connectivity index (χ4v) is 3.74. The molecule has 1 saturated heterocycles. The minimum Gasteiger partial charge on any atom is -0.490 e. The predicted octanol–water partition coefficient (Wildman–Crippen LogP) is 3.26. The zero-order chi connectivity index (χ0) is 16.1. The Kier molecular flexibility index (Phi) is 7.66. The van der Waals surface area contributed by atoms with Crippen molar-refractivity contribution < 1.29 is 9.47 Å². The van der Waals surface area contributed by atoms with E-state index in [-0.39, 0.29) is 12.4 Å². The molecule has 0 aliphatic carbocycles. The molecule has 0 spiro atoms. The molecule has 5 heteroatoms. The van der Waals surface area contributed by atoms with Gasteiger partial charge < -0.3 is 14.8 Å². The van der Waals surface area contributed by atoms with Gasteiger partial charge in [0, 0.05) is 19.6 Å². The van der Waals surface area contributed by atoms with Crippen molar-refractivity contribution in [3.05, 3.63) is 23.3 Å². The first-order valence-corrected chi connectivity index (χ1v) is 9.14. The summed E-state index contributed by atoms with van der Waals surface area (Å²) in [5, 5.41) is 3.46. The Hall–Kier alpha value is -0.970. The van der Waals surface area contributed by atoms with Gasteiger partial charge in [0.05, 0.1) is 13.2 Å². The third-order valence-electron chi connectivity index (χ3n) is 4.93. The van der Waals surface area contributed by atoms with E-state index in [1.807, 2.05) is 13.8 Å². The van der Waals surface area contributed by atoms with Crippen LogP contribution in [0.3, 0.4) is 0 Å². The van der Waals surface area contributed by atoms with Crippen molar-refractivity contribution in [2.75, 3.05) is 39.4 Å². The number of nitrogens with zero attached hydrogens (tertiary/aromatic N) is 1. The third kappa shape index (κ3) is 4.78. The first-order chi connectivity index (χ1) is 11.3. The van der Waals surface area contributed by atoms with Gasteiger partial charge in [0.2, 0.25) is 0 Å². The highest BCUT2D eigenvalue weighted by atomic mass is 35.5. The van der Waals surface area contributed by atoms with Gasteiger partial charge in [-0.1, -0.05) is 0 Å². The van der Waals surface area contributed by atoms with Crippen LogP contribution in [0, 0.1) is 5.92 Å². The van der Waals surface area contributed by atoms with E-state index in [1.165, 1.54) is 43.6 Å². The van der Waals surface area contributed by atoms with E-state index in [0.29, 0.717) is 13.2 Å². The summed E-state index contributed by atoms with van der Waals surface area (Å²) in [4.78, 5) is 2.62. The van der Waals surface area contributed by atoms with Crippen LogP contribution in [0.15, 0.2) is 12.1 Å². The highest BCUT2D eigenvalue weighted by Gasteiger charge is 2.23. The molecule has 2 aliphatic rings. The molecule has 3 rings (SSSR count). The molecular formula is C19H31ClN2O2. The number of rotatable bonds is 6. The lowest BCUT2D eigenvalue weighted by Crippen LogP contribution is -2.38. The quantitative estimate of drug-likeness (QED) is 0.850. The van der Waals surface area contributed by atoms with Crippen molar-refractivity contribution in [1.82, 2.24) is 10.2 Å². The van der Waals surface area contributed by atoms with Gasteiger partial charge in [-0.05, 0) is 75.4 Å². The minimum absolute atomic E-state index is 0. The lowest BCUT2D eigenvalue weighted by molar-refractivity contribution is 0.190. The molecule has 2 heterocycles. The number of hydrogen-bond donors (Lipinski definition) is 1. The Bertz CT molecular complexity index is 518. The largest absolute Gasteiger partial charge is 0.490 e. The molecule has 2 aliphatic heterocycles. The Morgan fingerprint density at radius 2 is 1.67 bits per heavy atom. The monoisotopic (exact) mass is 354 g/mol. The molecule has 4 nitrogen and oxygen atoms in total. The molecule has 0 saturated carbocycles. The van der Waals surface area contributed by atoms with E-state index in [0.717, 1.165) is 36.9 Å². The van der Waals surface area contributed by atoms with Crippen LogP contribution in [0.5, 0.6) is 11.5 Å². The summed E-state index contributed by atoms with van der Waals surface area (Å²) in [5.41, 5.74) is 2.84. The van der Waals surface area contributed by atoms with Crippen molar-refractivity contribution in [3.63, 3.8) is 0 Å². The van der Waals surface area contributed by atoms with Gasteiger partial charge in [0.15, 0.2) is 11.5 Å². The van der Waals surface area contributed by atoms with Crippen LogP contribution in [0.1, 0.15) is 37.8 Å². The molecule has 1 fully saturated rings. The number of benzene rings is 1. The summed E-state index contributed by atoms with van der Waals surface area (Å²) in [6.45, 7) is 11.2. The van der Waals surface area contributed by atoms with Crippen molar-refractivity contribution in [2.24, 2.45) is 5.92 Å². The Morgan fingerprint density at radius 1 is 1.04 bits per heavy atom. The van der Waals surface area contributed by atoms with Crippen LogP contribution in [-0.4, -0.2) is 44.3 Å². The summed E-state index contributed by atoms with van der Waals surface area (Å²) in [7, 11) is 0. The number of hydrogen-bond acceptors (Lipinski definition) is 4. The topological polar surface area (TPSA) is 33.7 Å². The molecule has 24 heavy (non-hydrogen) atoms. The van der Waals surface area contributed by atoms with Crippen LogP contribution in [0.4, 0.5) is 0 Å². The molecule has 0 unspecified atom stereocenters. The molecule has 1 aromatic carbocycles. The molecule has 0 amide bonds. The molecule has 0 atom stereocenters. The fourth-order valence-electron chi connectivity index (χ4n) is 3.74. The Morgan fingerprint density at radius 3 is 2.29 bits per heavy atom. The van der Waals surface area contributed by atoms with E-state index in [1.54, 1.807) is 0 Å². The predicted molar refractivity (Wildman–Crippen MR) is 101 cm³/mol. The Balaban J connectivity index is 0.00000208. The SMILES string of the molecule is CCOc1cc2c(cc1OCC)CN(CC1CCNCC1)CC2.Cl. The zero-order valence-corrected chi connectivity index (χ0v) is 15.8. The number of piperidine rings is 1. The van der Waals surface area contributed by atoms with Crippen molar-refractivity contribution in [1.29, 1.82) is 0 Å². The van der Waals surface area contributed by atoms with Crippen molar-refractivity contribution in [2.45, 2.75) is 39.7 Å². The van der Waals surface area contributed by atoms with Crippen molar-refractivity contribution >= 4 is 12.4 Å². The second-order valence-electron chi connectivity index (χ2n) is 6.61. The maximum Gasteiger partial charge on any atom is 0.161 e. The van der Waals surface area contributed by atoms with Crippen molar-refractivity contribution in [3.8, 4) is 11.5 Å². The molecular weight excluding hydrogens is 324 g/mol. The fraction of sp³-hybridized carbons (Fsp3) is 0.684. The number of ether oxygens (including phenoxy) is 2. The van der Waals surface area contributed by atoms with E-state index < -0.39 is 0 Å². The van der Waals surface area contributed by atoms with Crippen LogP contribution in [0.25, 0.3) is 0 Å². The first-order valence-electron chi connectivity index (χ1n) is 9.14. The second-order valence-corrected chi connectivity index (χ2v) is 6.61. The van der Waals surface area contributed by atoms with Crippen LogP contribution in [0.2, 0.25) is 0 Å². The molecule has 1 aromatic rings. The average molecular weight is 355 g/mol. The lowest BCUT2D eigenvalue weighted by atomic mass is 9.94. The van der Waals surface area contributed by atoms with Crippen LogP contribution < -0.4 is 14.8 Å². The van der Waals surface area contributed by atoms with Gasteiger partial charge in [-0.15, -0.1) is 12.4 Å². The van der Waals surface area contributed by atoms with E-state index in [4.69, 9.17) is 9.47 Å². The lowest BCUT2D eigenvalue weighted by Gasteiger charge is -2.34. The smallest absolute Gasteiger partial charge is 0.161 e. The molecule has 136 valence electrons. The standard InChI is InChI=1S/C19H30N2O2.ClH/c1-3-22-18-11-16-7-10-21(13-15-5-8-20-9-6-15)14-17(16)12-19(18)23-4-2;/h11-12,15,20H,3-10,13-14H2,1-2H3;1H. The van der Waals surface area contributed by atoms with Gasteiger partial charge in [0.1, 0.15) is 0 Å². The highest BCUT2D eigenvalue weighted by Crippen LogP contribution is 2.34. The highest BCUT2D eigenvalue weighted by molar-refractivity contribution is 5.85. The first kappa shape index (κ1) is 19.4. The minimum atomic E-state index is 0. The summed E-state index contributed by atoms with van der Waals surface area (Å²) < 4.78 is 11.5. The number of nitrogens with one attached hydrogen (secondary N) is 1. The number of halogens is 1. The summed E-state index contributed by atoms with van der Waals surface area (Å²) >= 11 is 0. The van der Waals surface area contributed by atoms with Gasteiger partial charge in [-0.2, -0.15) is 0 Å². The Labute approximate surface area is 152 Å². The van der Waals surface area contributed by atoms with Crippen LogP contribution in [-0.2, 0) is 13.0 Å². The third-order valence-corrected chi connectivity index (χ3v) is 4.93. The molecule has 1 N–H and O–H groups in total. The van der Waals surface area contributed by atoms with Gasteiger partial charge in [-0.25, -0.2) is 0 Å². The average Bonchev–Trinajstić information content (AvgIpc) is 2.57. The zero-order valence-electron chi connectivity index (χ0n) is 15.0. The maximum absolute atomic E-state index is 5.79. The normalized spacial score (nSPS) is 18.6. The van der Waals surface area contributed by atoms with Crippen LogP contribution >= 0.6 is 12.4 Å². The van der Waals surface area contributed by atoms with Gasteiger partial charge in [-0.3, -0.25) is 4.90 Å². The maximum atomic E-state index is 5.79. The summed E-state index contributed by atoms with van der Waals surface area (Å²) in [5.74, 6) is 2.66. The second kappa shape index (κ2) is 9.50. The molecule has 0 radical (unpaired) electrons.